The molecule has 0 fully saturated rings. The molecule has 0 aliphatic heterocycles. The van der Waals surface area contributed by atoms with E-state index in [9.17, 15) is 9.18 Å². The second kappa shape index (κ2) is 4.69. The number of halogens is 2. The number of rotatable bonds is 3. The Balaban J connectivity index is 2.36. The molecule has 17 heavy (non-hydrogen) atoms. The molecule has 0 unspecified atom stereocenters. The molecule has 0 saturated heterocycles. The topological polar surface area (TPSA) is 56.2 Å². The lowest BCUT2D eigenvalue weighted by Crippen LogP contribution is -2.03. The maximum Gasteiger partial charge on any atom is 0.231 e. The van der Waals surface area contributed by atoms with E-state index < -0.39 is 11.6 Å². The van der Waals surface area contributed by atoms with Crippen LogP contribution in [-0.2, 0) is 6.54 Å². The molecule has 0 aliphatic rings. The molecule has 0 radical (unpaired) electrons. The van der Waals surface area contributed by atoms with Gasteiger partial charge in [0.05, 0.1) is 12.1 Å². The monoisotopic (exact) mass is 253 g/mol. The summed E-state index contributed by atoms with van der Waals surface area (Å²) in [7, 11) is 0. The lowest BCUT2D eigenvalue weighted by atomic mass is 10.1. The summed E-state index contributed by atoms with van der Waals surface area (Å²) < 4.78 is 18.7. The van der Waals surface area contributed by atoms with Gasteiger partial charge < -0.3 is 10.2 Å². The van der Waals surface area contributed by atoms with E-state index in [2.05, 4.69) is 0 Å². The number of carbonyl (C=O) groups is 1. The number of hydrogen-bond donors (Lipinski definition) is 1. The van der Waals surface area contributed by atoms with E-state index in [1.165, 1.54) is 18.2 Å². The zero-order valence-corrected chi connectivity index (χ0v) is 9.50. The first-order valence-electron chi connectivity index (χ1n) is 4.90. The highest BCUT2D eigenvalue weighted by molar-refractivity contribution is 6.30. The van der Waals surface area contributed by atoms with Crippen LogP contribution < -0.4 is 5.73 Å². The van der Waals surface area contributed by atoms with E-state index in [1.807, 2.05) is 0 Å². The quantitative estimate of drug-likeness (QED) is 0.856. The maximum atomic E-state index is 13.5. The van der Waals surface area contributed by atoms with Crippen molar-refractivity contribution in [3.8, 4) is 0 Å². The van der Waals surface area contributed by atoms with E-state index in [4.69, 9.17) is 21.8 Å². The lowest BCUT2D eigenvalue weighted by Gasteiger charge is -2.00. The largest absolute Gasteiger partial charge is 0.456 e. The van der Waals surface area contributed by atoms with Gasteiger partial charge in [-0.05, 0) is 30.3 Å². The van der Waals surface area contributed by atoms with Gasteiger partial charge in [-0.15, -0.1) is 0 Å². The Morgan fingerprint density at radius 2 is 2.12 bits per heavy atom. The fraction of sp³-hybridized carbons (Fsp3) is 0.0833. The van der Waals surface area contributed by atoms with Crippen molar-refractivity contribution in [2.45, 2.75) is 6.54 Å². The van der Waals surface area contributed by atoms with Crippen LogP contribution in [0.4, 0.5) is 4.39 Å². The maximum absolute atomic E-state index is 13.5. The average molecular weight is 254 g/mol. The Bertz CT molecular complexity index is 565. The first-order valence-corrected chi connectivity index (χ1v) is 5.28. The SMILES string of the molecule is NCc1ccc(C(=O)c2ccc(Cl)cc2F)o1. The highest BCUT2D eigenvalue weighted by atomic mass is 35.5. The van der Waals surface area contributed by atoms with Crippen LogP contribution in [0.15, 0.2) is 34.7 Å². The summed E-state index contributed by atoms with van der Waals surface area (Å²) in [5, 5.41) is 0.237. The first-order chi connectivity index (χ1) is 8.11. The summed E-state index contributed by atoms with van der Waals surface area (Å²) in [6.07, 6.45) is 0. The third-order valence-electron chi connectivity index (χ3n) is 2.26. The van der Waals surface area contributed by atoms with E-state index in [0.717, 1.165) is 6.07 Å². The van der Waals surface area contributed by atoms with Gasteiger partial charge in [0.2, 0.25) is 5.78 Å². The molecule has 1 aromatic carbocycles. The van der Waals surface area contributed by atoms with Crippen LogP contribution in [-0.4, -0.2) is 5.78 Å². The fourth-order valence-electron chi connectivity index (χ4n) is 1.42. The second-order valence-corrected chi connectivity index (χ2v) is 3.86. The molecule has 0 atom stereocenters. The van der Waals surface area contributed by atoms with Crippen molar-refractivity contribution < 1.29 is 13.6 Å². The summed E-state index contributed by atoms with van der Waals surface area (Å²) >= 11 is 5.60. The number of furan rings is 1. The minimum Gasteiger partial charge on any atom is -0.456 e. The number of hydrogen-bond acceptors (Lipinski definition) is 3. The molecule has 0 amide bonds. The molecule has 3 nitrogen and oxygen atoms in total. The first kappa shape index (κ1) is 11.8. The number of carbonyl (C=O) groups excluding carboxylic acids is 1. The zero-order valence-electron chi connectivity index (χ0n) is 8.74. The van der Waals surface area contributed by atoms with Crippen molar-refractivity contribution in [3.63, 3.8) is 0 Å². The van der Waals surface area contributed by atoms with Gasteiger partial charge in [0.25, 0.3) is 0 Å². The van der Waals surface area contributed by atoms with Gasteiger partial charge in [-0.25, -0.2) is 4.39 Å². The number of nitrogens with two attached hydrogens (primary N) is 1. The Morgan fingerprint density at radius 3 is 2.71 bits per heavy atom. The van der Waals surface area contributed by atoms with Crippen LogP contribution in [0.2, 0.25) is 5.02 Å². The van der Waals surface area contributed by atoms with Crippen molar-refractivity contribution in [2.75, 3.05) is 0 Å². The third kappa shape index (κ3) is 2.38. The van der Waals surface area contributed by atoms with Crippen molar-refractivity contribution in [2.24, 2.45) is 5.73 Å². The van der Waals surface area contributed by atoms with Crippen LogP contribution in [0.5, 0.6) is 0 Å². The number of ketones is 1. The van der Waals surface area contributed by atoms with Gasteiger partial charge >= 0.3 is 0 Å². The highest BCUT2D eigenvalue weighted by Gasteiger charge is 2.17. The van der Waals surface area contributed by atoms with Gasteiger partial charge in [0.1, 0.15) is 11.6 Å². The van der Waals surface area contributed by atoms with Crippen LogP contribution in [0, 0.1) is 5.82 Å². The molecule has 2 aromatic rings. The smallest absolute Gasteiger partial charge is 0.231 e. The molecular weight excluding hydrogens is 245 g/mol. The van der Waals surface area contributed by atoms with E-state index in [-0.39, 0.29) is 22.9 Å². The van der Waals surface area contributed by atoms with Crippen LogP contribution in [0.1, 0.15) is 21.9 Å². The van der Waals surface area contributed by atoms with Gasteiger partial charge in [-0.3, -0.25) is 4.79 Å². The third-order valence-corrected chi connectivity index (χ3v) is 2.50. The molecule has 1 aromatic heterocycles. The molecule has 0 bridgehead atoms. The van der Waals surface area contributed by atoms with Gasteiger partial charge in [0.15, 0.2) is 5.76 Å². The van der Waals surface area contributed by atoms with Gasteiger partial charge in [0, 0.05) is 5.02 Å². The molecular formula is C12H9ClFNO2. The zero-order chi connectivity index (χ0) is 12.4. The minimum atomic E-state index is -0.673. The lowest BCUT2D eigenvalue weighted by molar-refractivity contribution is 0.100. The van der Waals surface area contributed by atoms with Crippen molar-refractivity contribution in [3.05, 3.63) is 58.3 Å². The summed E-state index contributed by atoms with van der Waals surface area (Å²) in [6, 6.07) is 6.91. The summed E-state index contributed by atoms with van der Waals surface area (Å²) in [5.41, 5.74) is 5.28. The fourth-order valence-corrected chi connectivity index (χ4v) is 1.57. The van der Waals surface area contributed by atoms with Crippen LogP contribution in [0.25, 0.3) is 0 Å². The van der Waals surface area contributed by atoms with E-state index in [0.29, 0.717) is 5.76 Å². The predicted molar refractivity (Wildman–Crippen MR) is 61.4 cm³/mol. The Kier molecular flexibility index (Phi) is 3.26. The van der Waals surface area contributed by atoms with Crippen molar-refractivity contribution in [1.82, 2.24) is 0 Å². The number of benzene rings is 1. The molecule has 2 rings (SSSR count). The van der Waals surface area contributed by atoms with Gasteiger partial charge in [-0.2, -0.15) is 0 Å². The molecule has 0 saturated carbocycles. The second-order valence-electron chi connectivity index (χ2n) is 3.42. The normalized spacial score (nSPS) is 10.5. The van der Waals surface area contributed by atoms with Crippen molar-refractivity contribution >= 4 is 17.4 Å². The molecule has 5 heteroatoms. The summed E-state index contributed by atoms with van der Waals surface area (Å²) in [4.78, 5) is 11.9. The minimum absolute atomic E-state index is 0.0617. The molecule has 1 heterocycles. The van der Waals surface area contributed by atoms with Crippen LogP contribution in [0.3, 0.4) is 0 Å². The van der Waals surface area contributed by atoms with Crippen LogP contribution >= 0.6 is 11.6 Å². The highest BCUT2D eigenvalue weighted by Crippen LogP contribution is 2.19. The molecule has 88 valence electrons. The van der Waals surface area contributed by atoms with E-state index >= 15 is 0 Å². The Labute approximate surface area is 102 Å². The molecule has 0 aliphatic carbocycles. The van der Waals surface area contributed by atoms with Crippen molar-refractivity contribution in [1.29, 1.82) is 0 Å². The molecule has 0 spiro atoms. The molecule has 2 N–H and O–H groups in total. The Hall–Kier alpha value is -1.65. The standard InChI is InChI=1S/C12H9ClFNO2/c13-7-1-3-9(10(14)5-7)12(16)11-4-2-8(6-15)17-11/h1-5H,6,15H2. The summed E-state index contributed by atoms with van der Waals surface area (Å²) in [6.45, 7) is 0.191. The Morgan fingerprint density at radius 1 is 1.35 bits per heavy atom. The van der Waals surface area contributed by atoms with Gasteiger partial charge in [-0.1, -0.05) is 11.6 Å². The van der Waals surface area contributed by atoms with E-state index in [1.54, 1.807) is 6.07 Å². The average Bonchev–Trinajstić information content (AvgIpc) is 2.76. The summed E-state index contributed by atoms with van der Waals surface area (Å²) in [5.74, 6) is -0.665. The predicted octanol–water partition coefficient (Wildman–Crippen LogP) is 2.76.